The minimum absolute atomic E-state index is 0.0489. The first-order valence-corrected chi connectivity index (χ1v) is 8.57. The van der Waals surface area contributed by atoms with Crippen LogP contribution in [0.3, 0.4) is 0 Å². The second kappa shape index (κ2) is 6.02. The topological polar surface area (TPSA) is 41.1 Å². The number of thiophene rings is 1. The lowest BCUT2D eigenvalue weighted by atomic mass is 9.94. The Labute approximate surface area is 140 Å². The number of nitrogens with one attached hydrogen (secondary N) is 2. The number of carbonyl (C=O) groups is 1. The normalized spacial score (nSPS) is 15.5. The van der Waals surface area contributed by atoms with Gasteiger partial charge in [-0.2, -0.15) is 0 Å². The van der Waals surface area contributed by atoms with Crippen LogP contribution in [0.4, 0.5) is 10.1 Å². The molecule has 1 unspecified atom stereocenters. The van der Waals surface area contributed by atoms with Crippen molar-refractivity contribution in [3.05, 3.63) is 49.0 Å². The first-order chi connectivity index (χ1) is 10.1. The minimum atomic E-state index is -0.295. The van der Waals surface area contributed by atoms with E-state index in [1.54, 1.807) is 11.3 Å². The number of rotatable bonds is 3. The van der Waals surface area contributed by atoms with Crippen molar-refractivity contribution in [3.63, 3.8) is 0 Å². The Bertz CT molecular complexity index is 701. The Kier molecular flexibility index (Phi) is 4.28. The summed E-state index contributed by atoms with van der Waals surface area (Å²) >= 11 is 3.91. The summed E-state index contributed by atoms with van der Waals surface area (Å²) in [6, 6.07) is 5.19. The third-order valence-corrected chi connectivity index (χ3v) is 5.45. The number of anilines is 1. The predicted octanol–water partition coefficient (Wildman–Crippen LogP) is 3.69. The largest absolute Gasteiger partial charge is 0.326 e. The molecule has 1 amide bonds. The summed E-state index contributed by atoms with van der Waals surface area (Å²) in [6.07, 6.45) is 1.12. The zero-order valence-corrected chi connectivity index (χ0v) is 14.3. The minimum Gasteiger partial charge on any atom is -0.326 e. The van der Waals surface area contributed by atoms with E-state index in [2.05, 4.69) is 39.3 Å². The van der Waals surface area contributed by atoms with E-state index in [1.165, 1.54) is 8.95 Å². The molecule has 0 spiro atoms. The van der Waals surface area contributed by atoms with E-state index >= 15 is 0 Å². The van der Waals surface area contributed by atoms with Crippen molar-refractivity contribution in [2.45, 2.75) is 18.9 Å². The van der Waals surface area contributed by atoms with Crippen LogP contribution in [0.5, 0.6) is 0 Å². The monoisotopic (exact) mass is 416 g/mol. The van der Waals surface area contributed by atoms with Crippen molar-refractivity contribution in [2.24, 2.45) is 0 Å². The number of fused-ring (bicyclic) bond motifs is 1. The van der Waals surface area contributed by atoms with E-state index in [4.69, 9.17) is 0 Å². The first-order valence-electron chi connectivity index (χ1n) is 6.62. The van der Waals surface area contributed by atoms with E-state index in [1.807, 2.05) is 18.5 Å². The Hall–Kier alpha value is -0.990. The second-order valence-corrected chi connectivity index (χ2v) is 7.79. The van der Waals surface area contributed by atoms with Crippen LogP contribution >= 0.6 is 33.9 Å². The van der Waals surface area contributed by atoms with Gasteiger partial charge in [0.15, 0.2) is 0 Å². The molecule has 0 saturated carbocycles. The maximum Gasteiger partial charge on any atom is 0.224 e. The lowest BCUT2D eigenvalue weighted by molar-refractivity contribution is -0.116. The molecule has 110 valence electrons. The van der Waals surface area contributed by atoms with Crippen molar-refractivity contribution >= 4 is 45.5 Å². The molecule has 3 rings (SSSR count). The van der Waals surface area contributed by atoms with Gasteiger partial charge in [0.2, 0.25) is 5.91 Å². The molecule has 0 aliphatic carbocycles. The Morgan fingerprint density at radius 3 is 2.86 bits per heavy atom. The summed E-state index contributed by atoms with van der Waals surface area (Å²) in [5, 5.41) is 7.96. The number of aryl methyl sites for hydroxylation is 1. The third kappa shape index (κ3) is 2.97. The average Bonchev–Trinajstić information content (AvgIpc) is 2.87. The van der Waals surface area contributed by atoms with E-state index < -0.39 is 0 Å². The van der Waals surface area contributed by atoms with Crippen molar-refractivity contribution in [3.8, 4) is 0 Å². The maximum absolute atomic E-state index is 14.4. The highest BCUT2D eigenvalue weighted by Crippen LogP contribution is 2.33. The van der Waals surface area contributed by atoms with Gasteiger partial charge in [-0.05, 0) is 70.8 Å². The molecule has 6 heteroatoms. The van der Waals surface area contributed by atoms with Gasteiger partial charge < -0.3 is 10.6 Å². The molecular weight excluding hydrogens is 402 g/mol. The number of amides is 1. The van der Waals surface area contributed by atoms with Crippen LogP contribution in [0.25, 0.3) is 0 Å². The number of halogens is 2. The molecule has 2 heterocycles. The zero-order chi connectivity index (χ0) is 15.0. The molecule has 2 N–H and O–H groups in total. The van der Waals surface area contributed by atoms with Gasteiger partial charge in [0, 0.05) is 17.7 Å². The first kappa shape index (κ1) is 14.9. The fourth-order valence-corrected chi connectivity index (χ4v) is 4.02. The quantitative estimate of drug-likeness (QED) is 0.750. The van der Waals surface area contributed by atoms with Gasteiger partial charge in [0.25, 0.3) is 0 Å². The molecule has 2 aromatic rings. The van der Waals surface area contributed by atoms with Crippen molar-refractivity contribution < 1.29 is 9.18 Å². The highest BCUT2D eigenvalue weighted by molar-refractivity contribution is 14.1. The summed E-state index contributed by atoms with van der Waals surface area (Å²) in [5.74, 6) is -0.344. The fourth-order valence-electron chi connectivity index (χ4n) is 2.62. The zero-order valence-electron chi connectivity index (χ0n) is 11.4. The van der Waals surface area contributed by atoms with Crippen LogP contribution in [-0.2, 0) is 11.2 Å². The number of hydrogen-bond donors (Lipinski definition) is 2. The van der Waals surface area contributed by atoms with Gasteiger partial charge in [-0.1, -0.05) is 0 Å². The maximum atomic E-state index is 14.4. The molecule has 1 aromatic carbocycles. The fraction of sp³-hybridized carbons (Fsp3) is 0.267. The smallest absolute Gasteiger partial charge is 0.224 e. The van der Waals surface area contributed by atoms with Gasteiger partial charge >= 0.3 is 0 Å². The average molecular weight is 416 g/mol. The summed E-state index contributed by atoms with van der Waals surface area (Å²) < 4.78 is 15.6. The molecule has 21 heavy (non-hydrogen) atoms. The van der Waals surface area contributed by atoms with E-state index in [9.17, 15) is 9.18 Å². The van der Waals surface area contributed by atoms with Gasteiger partial charge in [-0.25, -0.2) is 4.39 Å². The standard InChI is InChI=1S/C15H14FIN2OS/c1-18-15(9-5-13(17)21-7-9)10-4-8-2-3-14(20)19-12(8)6-11(10)16/h4-7,15,18H,2-3H2,1H3,(H,19,20). The van der Waals surface area contributed by atoms with Crippen LogP contribution in [0, 0.1) is 8.70 Å². The van der Waals surface area contributed by atoms with E-state index in [0.717, 1.165) is 11.1 Å². The molecule has 1 atom stereocenters. The number of hydrogen-bond acceptors (Lipinski definition) is 3. The number of carbonyl (C=O) groups excluding carboxylic acids is 1. The Morgan fingerprint density at radius 1 is 1.38 bits per heavy atom. The van der Waals surface area contributed by atoms with Crippen LogP contribution < -0.4 is 10.6 Å². The molecule has 0 fully saturated rings. The second-order valence-electron chi connectivity index (χ2n) is 4.98. The SMILES string of the molecule is CNC(c1csc(I)c1)c1cc2c(cc1F)NC(=O)CC2. The Balaban J connectivity index is 2.03. The molecular formula is C15H14FIN2OS. The van der Waals surface area contributed by atoms with Crippen LogP contribution in [0.15, 0.2) is 23.6 Å². The highest BCUT2D eigenvalue weighted by Gasteiger charge is 2.22. The molecule has 3 nitrogen and oxygen atoms in total. The molecule has 1 aliphatic rings. The van der Waals surface area contributed by atoms with Crippen molar-refractivity contribution in [1.82, 2.24) is 5.32 Å². The third-order valence-electron chi connectivity index (χ3n) is 3.64. The van der Waals surface area contributed by atoms with Gasteiger partial charge in [0.05, 0.1) is 8.93 Å². The highest BCUT2D eigenvalue weighted by atomic mass is 127. The predicted molar refractivity (Wildman–Crippen MR) is 91.3 cm³/mol. The summed E-state index contributed by atoms with van der Waals surface area (Å²) in [5.41, 5.74) is 3.28. The van der Waals surface area contributed by atoms with Crippen LogP contribution in [0.1, 0.15) is 29.2 Å². The van der Waals surface area contributed by atoms with E-state index in [0.29, 0.717) is 24.1 Å². The van der Waals surface area contributed by atoms with Gasteiger partial charge in [-0.15, -0.1) is 11.3 Å². The molecule has 0 radical (unpaired) electrons. The number of benzene rings is 1. The molecule has 0 bridgehead atoms. The van der Waals surface area contributed by atoms with Crippen LogP contribution in [0.2, 0.25) is 0 Å². The van der Waals surface area contributed by atoms with E-state index in [-0.39, 0.29) is 17.8 Å². The molecule has 1 aliphatic heterocycles. The molecule has 1 aromatic heterocycles. The van der Waals surface area contributed by atoms with Crippen molar-refractivity contribution in [1.29, 1.82) is 0 Å². The lowest BCUT2D eigenvalue weighted by Crippen LogP contribution is -2.22. The van der Waals surface area contributed by atoms with Crippen molar-refractivity contribution in [2.75, 3.05) is 12.4 Å². The summed E-state index contributed by atoms with van der Waals surface area (Å²) in [4.78, 5) is 11.4. The van der Waals surface area contributed by atoms with Gasteiger partial charge in [0.1, 0.15) is 5.82 Å². The lowest BCUT2D eigenvalue weighted by Gasteiger charge is -2.22. The summed E-state index contributed by atoms with van der Waals surface area (Å²) in [6.45, 7) is 0. The van der Waals surface area contributed by atoms with Gasteiger partial charge in [-0.3, -0.25) is 4.79 Å². The molecule has 0 saturated heterocycles. The van der Waals surface area contributed by atoms with Crippen LogP contribution in [-0.4, -0.2) is 13.0 Å². The summed E-state index contributed by atoms with van der Waals surface area (Å²) in [7, 11) is 1.83. The Morgan fingerprint density at radius 2 is 2.19 bits per heavy atom.